The lowest BCUT2D eigenvalue weighted by Crippen LogP contribution is -2.45. The summed E-state index contributed by atoms with van der Waals surface area (Å²) in [5, 5.41) is 0.905. The molecule has 0 saturated heterocycles. The molecule has 0 saturated carbocycles. The quantitative estimate of drug-likeness (QED) is 0.623. The van der Waals surface area contributed by atoms with Gasteiger partial charge in [0.15, 0.2) is 0 Å². The van der Waals surface area contributed by atoms with E-state index in [1.165, 1.54) is 0 Å². The van der Waals surface area contributed by atoms with Crippen LogP contribution in [-0.2, 0) is 6.54 Å². The van der Waals surface area contributed by atoms with Gasteiger partial charge in [-0.15, -0.1) is 0 Å². The second-order valence-electron chi connectivity index (χ2n) is 7.02. The van der Waals surface area contributed by atoms with Crippen molar-refractivity contribution in [2.24, 2.45) is 0 Å². The van der Waals surface area contributed by atoms with Crippen molar-refractivity contribution < 1.29 is 14.3 Å². The predicted octanol–water partition coefficient (Wildman–Crippen LogP) is 4.75. The minimum Gasteiger partial charge on any atom is -0.497 e. The molecule has 0 fully saturated rings. The number of H-pyrrole nitrogens is 1. The molecule has 0 atom stereocenters. The molecule has 0 spiro atoms. The Labute approximate surface area is 175 Å². The summed E-state index contributed by atoms with van der Waals surface area (Å²) in [6.45, 7) is 6.22. The molecular weight excluding hydrogens is 380 g/mol. The first-order chi connectivity index (χ1) is 14.5. The highest BCUT2D eigenvalue weighted by atomic mass is 16.5. The van der Waals surface area contributed by atoms with Crippen LogP contribution in [0, 0.1) is 0 Å². The Kier molecular flexibility index (Phi) is 4.95. The number of urea groups is 1. The number of anilines is 2. The number of carbonyl (C=O) groups excluding carboxylic acids is 1. The number of allylic oxidation sites excluding steroid dienone is 3. The molecule has 154 valence electrons. The molecule has 3 aromatic rings. The maximum Gasteiger partial charge on any atom is 0.329 e. The Morgan fingerprint density at radius 3 is 2.50 bits per heavy atom. The van der Waals surface area contributed by atoms with Crippen LogP contribution in [0.15, 0.2) is 49.2 Å². The molecular formula is C23H24N4O3. The van der Waals surface area contributed by atoms with Crippen LogP contribution in [0.2, 0.25) is 0 Å². The Bertz CT molecular complexity index is 1160. The summed E-state index contributed by atoms with van der Waals surface area (Å²) in [5.74, 6) is 1.25. The molecule has 4 rings (SSSR count). The zero-order valence-corrected chi connectivity index (χ0v) is 17.5. The van der Waals surface area contributed by atoms with Gasteiger partial charge < -0.3 is 14.5 Å². The van der Waals surface area contributed by atoms with Crippen LogP contribution in [0.4, 0.5) is 16.2 Å². The minimum absolute atomic E-state index is 0.136. The van der Waals surface area contributed by atoms with Crippen molar-refractivity contribution in [1.29, 1.82) is 0 Å². The third-order valence-electron chi connectivity index (χ3n) is 5.38. The molecule has 1 aliphatic rings. The van der Waals surface area contributed by atoms with Crippen LogP contribution in [0.25, 0.3) is 16.6 Å². The average molecular weight is 404 g/mol. The van der Waals surface area contributed by atoms with Gasteiger partial charge in [0.05, 0.1) is 32.1 Å². The molecule has 0 unspecified atom stereocenters. The molecule has 0 aliphatic carbocycles. The first-order valence-corrected chi connectivity index (χ1v) is 9.58. The van der Waals surface area contributed by atoms with E-state index in [4.69, 9.17) is 9.47 Å². The Balaban J connectivity index is 1.81. The fourth-order valence-electron chi connectivity index (χ4n) is 3.82. The summed E-state index contributed by atoms with van der Waals surface area (Å²) in [6, 6.07) is 7.31. The van der Waals surface area contributed by atoms with Gasteiger partial charge in [-0.25, -0.2) is 9.78 Å². The number of methoxy groups -OCH3 is 2. The summed E-state index contributed by atoms with van der Waals surface area (Å²) in [6.07, 6.45) is 5.59. The van der Waals surface area contributed by atoms with Gasteiger partial charge in [0, 0.05) is 48.1 Å². The van der Waals surface area contributed by atoms with Crippen molar-refractivity contribution in [2.45, 2.75) is 13.5 Å². The van der Waals surface area contributed by atoms with E-state index in [2.05, 4.69) is 16.5 Å². The zero-order chi connectivity index (χ0) is 21.4. The molecule has 30 heavy (non-hydrogen) atoms. The molecule has 0 bridgehead atoms. The van der Waals surface area contributed by atoms with Crippen molar-refractivity contribution >= 4 is 34.0 Å². The van der Waals surface area contributed by atoms with E-state index in [-0.39, 0.29) is 6.03 Å². The van der Waals surface area contributed by atoms with Crippen molar-refractivity contribution in [1.82, 2.24) is 9.97 Å². The summed E-state index contributed by atoms with van der Waals surface area (Å²) in [5.41, 5.74) is 5.16. The fraction of sp³-hybridized carbons (Fsp3) is 0.217. The predicted molar refractivity (Wildman–Crippen MR) is 119 cm³/mol. The number of fused-ring (bicyclic) bond motifs is 3. The van der Waals surface area contributed by atoms with Crippen molar-refractivity contribution in [3.05, 3.63) is 60.5 Å². The van der Waals surface area contributed by atoms with Crippen LogP contribution < -0.4 is 19.3 Å². The number of nitrogens with one attached hydrogen (secondary N) is 1. The van der Waals surface area contributed by atoms with Crippen LogP contribution >= 0.6 is 0 Å². The molecule has 7 heteroatoms. The highest BCUT2D eigenvalue weighted by molar-refractivity contribution is 6.11. The summed E-state index contributed by atoms with van der Waals surface area (Å²) in [4.78, 5) is 24.6. The number of nitrogens with zero attached hydrogens (tertiary/aromatic N) is 3. The van der Waals surface area contributed by atoms with Gasteiger partial charge in [-0.3, -0.25) is 9.80 Å². The van der Waals surface area contributed by atoms with E-state index in [1.807, 2.05) is 37.4 Å². The fourth-order valence-corrected chi connectivity index (χ4v) is 3.82. The van der Waals surface area contributed by atoms with E-state index in [9.17, 15) is 4.79 Å². The van der Waals surface area contributed by atoms with E-state index in [0.717, 1.165) is 33.6 Å². The van der Waals surface area contributed by atoms with Crippen molar-refractivity contribution in [2.75, 3.05) is 31.1 Å². The largest absolute Gasteiger partial charge is 0.497 e. The number of hydrogen-bond donors (Lipinski definition) is 1. The molecule has 2 amide bonds. The van der Waals surface area contributed by atoms with E-state index < -0.39 is 0 Å². The number of amides is 2. The molecule has 7 nitrogen and oxygen atoms in total. The first kappa shape index (κ1) is 19.6. The van der Waals surface area contributed by atoms with Crippen LogP contribution in [0.5, 0.6) is 11.5 Å². The highest BCUT2D eigenvalue weighted by Crippen LogP contribution is 2.38. The third kappa shape index (κ3) is 3.08. The van der Waals surface area contributed by atoms with Gasteiger partial charge in [-0.1, -0.05) is 18.7 Å². The average Bonchev–Trinajstić information content (AvgIpc) is 3.20. The van der Waals surface area contributed by atoms with Gasteiger partial charge in [0.2, 0.25) is 0 Å². The molecule has 3 heterocycles. The van der Waals surface area contributed by atoms with E-state index >= 15 is 0 Å². The zero-order valence-electron chi connectivity index (χ0n) is 17.5. The standard InChI is InChI=1S/C23H24N4O3/c1-6-14(7-2)20-11-19-21-15(12-24-22(19)25-20)13-27(23(28)26(21)3)16-8-17(29-4)10-18(9-16)30-5/h6-12H,1,13H2,2-5H3,(H,24,25)/b14-7+. The number of carbonyl (C=O) groups is 1. The second-order valence-corrected chi connectivity index (χ2v) is 7.02. The topological polar surface area (TPSA) is 70.7 Å². The smallest absolute Gasteiger partial charge is 0.329 e. The summed E-state index contributed by atoms with van der Waals surface area (Å²) in [7, 11) is 4.95. The Morgan fingerprint density at radius 1 is 1.20 bits per heavy atom. The Morgan fingerprint density at radius 2 is 1.90 bits per heavy atom. The van der Waals surface area contributed by atoms with Gasteiger partial charge in [0.25, 0.3) is 0 Å². The van der Waals surface area contributed by atoms with E-state index in [0.29, 0.717) is 23.7 Å². The van der Waals surface area contributed by atoms with Crippen molar-refractivity contribution in [3.8, 4) is 11.5 Å². The molecule has 1 N–H and O–H groups in total. The summed E-state index contributed by atoms with van der Waals surface area (Å²) < 4.78 is 10.7. The Hall–Kier alpha value is -3.74. The maximum absolute atomic E-state index is 13.3. The highest BCUT2D eigenvalue weighted by Gasteiger charge is 2.31. The number of pyridine rings is 1. The maximum atomic E-state index is 13.3. The molecule has 0 radical (unpaired) electrons. The monoisotopic (exact) mass is 404 g/mol. The molecule has 1 aromatic carbocycles. The van der Waals surface area contributed by atoms with E-state index in [1.54, 1.807) is 43.2 Å². The molecule has 1 aliphatic heterocycles. The number of hydrogen-bond acceptors (Lipinski definition) is 4. The number of benzene rings is 1. The van der Waals surface area contributed by atoms with Crippen LogP contribution in [0.1, 0.15) is 18.2 Å². The minimum atomic E-state index is -0.136. The third-order valence-corrected chi connectivity index (χ3v) is 5.38. The normalized spacial score (nSPS) is 14.1. The summed E-state index contributed by atoms with van der Waals surface area (Å²) >= 11 is 0. The number of aromatic amines is 1. The lowest BCUT2D eigenvalue weighted by Gasteiger charge is -2.35. The van der Waals surface area contributed by atoms with Gasteiger partial charge >= 0.3 is 6.03 Å². The number of aromatic nitrogens is 2. The number of ether oxygens (including phenoxy) is 2. The van der Waals surface area contributed by atoms with Crippen molar-refractivity contribution in [3.63, 3.8) is 0 Å². The lowest BCUT2D eigenvalue weighted by molar-refractivity contribution is 0.251. The van der Waals surface area contributed by atoms with Gasteiger partial charge in [-0.2, -0.15) is 0 Å². The molecule has 2 aromatic heterocycles. The van der Waals surface area contributed by atoms with Gasteiger partial charge in [-0.05, 0) is 18.6 Å². The van der Waals surface area contributed by atoms with Crippen LogP contribution in [-0.4, -0.2) is 37.3 Å². The van der Waals surface area contributed by atoms with Crippen LogP contribution in [0.3, 0.4) is 0 Å². The SMILES string of the molecule is C=C/C(=C\C)c1cc2c3c(cnc2[nH]1)CN(c1cc(OC)cc(OC)c1)C(=O)N3C. The second kappa shape index (κ2) is 7.59. The first-order valence-electron chi connectivity index (χ1n) is 9.58. The number of rotatable bonds is 5. The lowest BCUT2D eigenvalue weighted by atomic mass is 10.1. The van der Waals surface area contributed by atoms with Gasteiger partial charge in [0.1, 0.15) is 17.1 Å².